The number of primary amides is 1. The summed E-state index contributed by atoms with van der Waals surface area (Å²) in [4.78, 5) is 22.7. The van der Waals surface area contributed by atoms with Crippen LogP contribution in [-0.2, 0) is 4.79 Å². The van der Waals surface area contributed by atoms with Gasteiger partial charge in [-0.15, -0.1) is 0 Å². The number of anilines is 1. The Hall–Kier alpha value is -2.82. The minimum atomic E-state index is -0.566. The Morgan fingerprint density at radius 1 is 1.05 bits per heavy atom. The van der Waals surface area contributed by atoms with Gasteiger partial charge in [-0.25, -0.2) is 0 Å². The molecule has 0 spiro atoms. The van der Waals surface area contributed by atoms with E-state index in [-0.39, 0.29) is 12.5 Å². The number of carbonyl (C=O) groups excluding carboxylic acids is 2. The molecule has 0 aliphatic carbocycles. The molecule has 5 nitrogen and oxygen atoms in total. The van der Waals surface area contributed by atoms with Gasteiger partial charge >= 0.3 is 0 Å². The number of carbonyl (C=O) groups is 2. The first-order chi connectivity index (χ1) is 9.65. The van der Waals surface area contributed by atoms with Gasteiger partial charge in [-0.05, 0) is 30.3 Å². The highest BCUT2D eigenvalue weighted by Gasteiger charge is 2.07. The summed E-state index contributed by atoms with van der Waals surface area (Å²) in [6.07, 6.45) is 0. The SMILES string of the molecule is NC(=O)COc1cccc(C(=O)Nc2ccccc2)c1. The molecule has 0 fully saturated rings. The van der Waals surface area contributed by atoms with Gasteiger partial charge in [0, 0.05) is 11.3 Å². The molecule has 2 rings (SSSR count). The van der Waals surface area contributed by atoms with E-state index in [0.29, 0.717) is 17.0 Å². The second kappa shape index (κ2) is 6.38. The van der Waals surface area contributed by atoms with E-state index in [1.165, 1.54) is 0 Å². The maximum Gasteiger partial charge on any atom is 0.255 e. The second-order valence-electron chi connectivity index (χ2n) is 4.10. The fraction of sp³-hybridized carbons (Fsp3) is 0.0667. The van der Waals surface area contributed by atoms with Crippen LogP contribution in [0.25, 0.3) is 0 Å². The third kappa shape index (κ3) is 3.84. The first-order valence-corrected chi connectivity index (χ1v) is 6.03. The van der Waals surface area contributed by atoms with Crippen LogP contribution in [0.5, 0.6) is 5.75 Å². The predicted molar refractivity (Wildman–Crippen MR) is 75.5 cm³/mol. The van der Waals surface area contributed by atoms with Crippen molar-refractivity contribution in [2.24, 2.45) is 5.73 Å². The molecule has 0 bridgehead atoms. The third-order valence-corrected chi connectivity index (χ3v) is 2.51. The van der Waals surface area contributed by atoms with E-state index in [4.69, 9.17) is 10.5 Å². The molecule has 0 saturated heterocycles. The van der Waals surface area contributed by atoms with Crippen molar-refractivity contribution in [2.45, 2.75) is 0 Å². The summed E-state index contributed by atoms with van der Waals surface area (Å²) < 4.78 is 5.15. The van der Waals surface area contributed by atoms with Gasteiger partial charge in [0.25, 0.3) is 11.8 Å². The molecule has 2 aromatic carbocycles. The van der Waals surface area contributed by atoms with Crippen LogP contribution < -0.4 is 15.8 Å². The average Bonchev–Trinajstić information content (AvgIpc) is 2.46. The molecule has 0 heterocycles. The van der Waals surface area contributed by atoms with Crippen molar-refractivity contribution >= 4 is 17.5 Å². The summed E-state index contributed by atoms with van der Waals surface area (Å²) in [6.45, 7) is -0.218. The van der Waals surface area contributed by atoms with Gasteiger partial charge in [-0.2, -0.15) is 0 Å². The quantitative estimate of drug-likeness (QED) is 0.869. The van der Waals surface area contributed by atoms with Crippen molar-refractivity contribution in [1.82, 2.24) is 0 Å². The van der Waals surface area contributed by atoms with Crippen LogP contribution in [0.3, 0.4) is 0 Å². The summed E-state index contributed by atoms with van der Waals surface area (Å²) >= 11 is 0. The topological polar surface area (TPSA) is 81.4 Å². The van der Waals surface area contributed by atoms with Gasteiger partial charge in [0.1, 0.15) is 5.75 Å². The van der Waals surface area contributed by atoms with Crippen LogP contribution in [0.15, 0.2) is 54.6 Å². The van der Waals surface area contributed by atoms with Crippen LogP contribution in [0.2, 0.25) is 0 Å². The average molecular weight is 270 g/mol. The number of nitrogens with one attached hydrogen (secondary N) is 1. The van der Waals surface area contributed by atoms with Gasteiger partial charge in [-0.3, -0.25) is 9.59 Å². The number of hydrogen-bond acceptors (Lipinski definition) is 3. The zero-order valence-electron chi connectivity index (χ0n) is 10.7. The third-order valence-electron chi connectivity index (χ3n) is 2.51. The van der Waals surface area contributed by atoms with Crippen molar-refractivity contribution in [1.29, 1.82) is 0 Å². The number of rotatable bonds is 5. The number of para-hydroxylation sites is 1. The largest absolute Gasteiger partial charge is 0.484 e. The zero-order chi connectivity index (χ0) is 14.4. The smallest absolute Gasteiger partial charge is 0.255 e. The molecule has 2 aromatic rings. The standard InChI is InChI=1S/C15H14N2O3/c16-14(18)10-20-13-8-4-5-11(9-13)15(19)17-12-6-2-1-3-7-12/h1-9H,10H2,(H2,16,18)(H,17,19). The normalized spacial score (nSPS) is 9.80. The monoisotopic (exact) mass is 270 g/mol. The van der Waals surface area contributed by atoms with Crippen molar-refractivity contribution in [3.05, 3.63) is 60.2 Å². The molecule has 0 radical (unpaired) electrons. The first-order valence-electron chi connectivity index (χ1n) is 6.03. The van der Waals surface area contributed by atoms with Gasteiger partial charge in [0.2, 0.25) is 0 Å². The van der Waals surface area contributed by atoms with E-state index in [1.807, 2.05) is 18.2 Å². The molecule has 3 N–H and O–H groups in total. The van der Waals surface area contributed by atoms with E-state index in [1.54, 1.807) is 36.4 Å². The number of nitrogens with two attached hydrogens (primary N) is 1. The molecule has 0 aliphatic heterocycles. The Kier molecular flexibility index (Phi) is 4.34. The summed E-state index contributed by atoms with van der Waals surface area (Å²) in [5.41, 5.74) is 6.15. The molecular weight excluding hydrogens is 256 g/mol. The molecule has 20 heavy (non-hydrogen) atoms. The highest BCUT2D eigenvalue weighted by molar-refractivity contribution is 6.04. The molecular formula is C15H14N2O3. The van der Waals surface area contributed by atoms with Crippen LogP contribution in [0.1, 0.15) is 10.4 Å². The van der Waals surface area contributed by atoms with Gasteiger partial charge in [0.15, 0.2) is 6.61 Å². The van der Waals surface area contributed by atoms with Crippen LogP contribution in [0.4, 0.5) is 5.69 Å². The number of benzene rings is 2. The number of hydrogen-bond donors (Lipinski definition) is 2. The lowest BCUT2D eigenvalue weighted by Gasteiger charge is -2.07. The summed E-state index contributed by atoms with van der Waals surface area (Å²) in [5, 5.41) is 2.76. The number of ether oxygens (including phenoxy) is 1. The number of amides is 2. The predicted octanol–water partition coefficient (Wildman–Crippen LogP) is 1.80. The van der Waals surface area contributed by atoms with E-state index < -0.39 is 5.91 Å². The lowest BCUT2D eigenvalue weighted by molar-refractivity contribution is -0.119. The molecule has 2 amide bonds. The van der Waals surface area contributed by atoms with Crippen molar-refractivity contribution < 1.29 is 14.3 Å². The van der Waals surface area contributed by atoms with Crippen molar-refractivity contribution in [3.8, 4) is 5.75 Å². The second-order valence-corrected chi connectivity index (χ2v) is 4.10. The summed E-state index contributed by atoms with van der Waals surface area (Å²) in [7, 11) is 0. The fourth-order valence-electron chi connectivity index (χ4n) is 1.61. The molecule has 0 saturated carbocycles. The summed E-state index contributed by atoms with van der Waals surface area (Å²) in [5.74, 6) is -0.394. The van der Waals surface area contributed by atoms with E-state index in [0.717, 1.165) is 0 Å². The van der Waals surface area contributed by atoms with E-state index in [2.05, 4.69) is 5.32 Å². The van der Waals surface area contributed by atoms with E-state index in [9.17, 15) is 9.59 Å². The highest BCUT2D eigenvalue weighted by atomic mass is 16.5. The Morgan fingerprint density at radius 2 is 1.80 bits per heavy atom. The molecule has 0 unspecified atom stereocenters. The van der Waals surface area contributed by atoms with Crippen molar-refractivity contribution in [3.63, 3.8) is 0 Å². The van der Waals surface area contributed by atoms with Gasteiger partial charge in [0.05, 0.1) is 0 Å². The molecule has 0 aromatic heterocycles. The van der Waals surface area contributed by atoms with E-state index >= 15 is 0 Å². The Bertz CT molecular complexity index is 612. The van der Waals surface area contributed by atoms with Gasteiger partial charge < -0.3 is 15.8 Å². The minimum Gasteiger partial charge on any atom is -0.484 e. The summed E-state index contributed by atoms with van der Waals surface area (Å²) in [6, 6.07) is 15.7. The lowest BCUT2D eigenvalue weighted by atomic mass is 10.2. The molecule has 0 aliphatic rings. The molecule has 102 valence electrons. The van der Waals surface area contributed by atoms with Crippen molar-refractivity contribution in [2.75, 3.05) is 11.9 Å². The maximum absolute atomic E-state index is 12.0. The highest BCUT2D eigenvalue weighted by Crippen LogP contribution is 2.15. The Morgan fingerprint density at radius 3 is 2.50 bits per heavy atom. The molecule has 5 heteroatoms. The Balaban J connectivity index is 2.06. The fourth-order valence-corrected chi connectivity index (χ4v) is 1.61. The zero-order valence-corrected chi connectivity index (χ0v) is 10.7. The molecule has 0 atom stereocenters. The van der Waals surface area contributed by atoms with Gasteiger partial charge in [-0.1, -0.05) is 24.3 Å². The first kappa shape index (κ1) is 13.6. The maximum atomic E-state index is 12.0. The van der Waals surface area contributed by atoms with Crippen LogP contribution in [0, 0.1) is 0 Å². The lowest BCUT2D eigenvalue weighted by Crippen LogP contribution is -2.20. The van der Waals surface area contributed by atoms with Crippen LogP contribution in [-0.4, -0.2) is 18.4 Å². The minimum absolute atomic E-state index is 0.218. The van der Waals surface area contributed by atoms with Crippen LogP contribution >= 0.6 is 0 Å². The Labute approximate surface area is 116 Å².